The first-order chi connectivity index (χ1) is 7.54. The van der Waals surface area contributed by atoms with E-state index >= 15 is 0 Å². The van der Waals surface area contributed by atoms with Crippen molar-refractivity contribution in [3.8, 4) is 11.5 Å². The van der Waals surface area contributed by atoms with Crippen molar-refractivity contribution in [1.82, 2.24) is 0 Å². The van der Waals surface area contributed by atoms with Crippen molar-refractivity contribution in [2.75, 3.05) is 7.11 Å². The van der Waals surface area contributed by atoms with E-state index in [0.717, 1.165) is 27.8 Å². The average molecular weight is 287 g/mol. The Balaban J connectivity index is 2.59. The second-order valence-corrected chi connectivity index (χ2v) is 4.89. The van der Waals surface area contributed by atoms with Crippen LogP contribution >= 0.6 is 15.9 Å². The molecule has 0 spiro atoms. The molecule has 1 aromatic rings. The van der Waals surface area contributed by atoms with Gasteiger partial charge in [0, 0.05) is 16.5 Å². The van der Waals surface area contributed by atoms with Gasteiger partial charge >= 0.3 is 0 Å². The fourth-order valence-corrected chi connectivity index (χ4v) is 2.78. The van der Waals surface area contributed by atoms with Crippen LogP contribution in [0.5, 0.6) is 11.5 Å². The lowest BCUT2D eigenvalue weighted by Gasteiger charge is -2.14. The van der Waals surface area contributed by atoms with Crippen molar-refractivity contribution in [3.63, 3.8) is 0 Å². The van der Waals surface area contributed by atoms with Crippen LogP contribution in [0.15, 0.2) is 10.5 Å². The molecule has 2 atom stereocenters. The molecule has 2 rings (SSSR count). The Morgan fingerprint density at radius 3 is 2.88 bits per heavy atom. The minimum Gasteiger partial charge on any atom is -0.493 e. The molecule has 1 heterocycles. The standard InChI is InChI=1S/C12H15BrO3/c1-6-4-9-11(13)8(7(2)14)5-10(15-3)12(9)16-6/h5-7,14H,4H2,1-3H3. The zero-order valence-corrected chi connectivity index (χ0v) is 11.2. The molecule has 0 radical (unpaired) electrons. The van der Waals surface area contributed by atoms with Crippen LogP contribution in [-0.2, 0) is 6.42 Å². The minimum atomic E-state index is -0.524. The molecular formula is C12H15BrO3. The molecule has 0 amide bonds. The summed E-state index contributed by atoms with van der Waals surface area (Å²) in [6, 6.07) is 1.83. The lowest BCUT2D eigenvalue weighted by molar-refractivity contribution is 0.197. The van der Waals surface area contributed by atoms with Crippen molar-refractivity contribution < 1.29 is 14.6 Å². The molecule has 0 fully saturated rings. The van der Waals surface area contributed by atoms with Gasteiger partial charge < -0.3 is 14.6 Å². The van der Waals surface area contributed by atoms with E-state index < -0.39 is 6.10 Å². The van der Waals surface area contributed by atoms with Crippen LogP contribution in [0.25, 0.3) is 0 Å². The number of benzene rings is 1. The summed E-state index contributed by atoms with van der Waals surface area (Å²) in [6.07, 6.45) is 0.473. The Kier molecular flexibility index (Phi) is 3.13. The van der Waals surface area contributed by atoms with Gasteiger partial charge in [0.2, 0.25) is 0 Å². The number of hydrogen-bond acceptors (Lipinski definition) is 3. The van der Waals surface area contributed by atoms with E-state index in [2.05, 4.69) is 15.9 Å². The van der Waals surface area contributed by atoms with Gasteiger partial charge in [0.15, 0.2) is 11.5 Å². The predicted octanol–water partition coefficient (Wildman–Crippen LogP) is 2.83. The van der Waals surface area contributed by atoms with Crippen molar-refractivity contribution in [3.05, 3.63) is 21.7 Å². The van der Waals surface area contributed by atoms with Crippen molar-refractivity contribution in [2.45, 2.75) is 32.5 Å². The number of ether oxygens (including phenoxy) is 2. The van der Waals surface area contributed by atoms with Crippen LogP contribution < -0.4 is 9.47 Å². The number of aliphatic hydroxyl groups is 1. The second-order valence-electron chi connectivity index (χ2n) is 4.10. The van der Waals surface area contributed by atoms with Crippen LogP contribution in [0.3, 0.4) is 0 Å². The number of aliphatic hydroxyl groups excluding tert-OH is 1. The Hall–Kier alpha value is -0.740. The van der Waals surface area contributed by atoms with Gasteiger partial charge in [0.25, 0.3) is 0 Å². The highest BCUT2D eigenvalue weighted by molar-refractivity contribution is 9.10. The molecule has 2 unspecified atom stereocenters. The molecule has 0 aliphatic carbocycles. The summed E-state index contributed by atoms with van der Waals surface area (Å²) in [5.74, 6) is 1.49. The monoisotopic (exact) mass is 286 g/mol. The number of halogens is 1. The third-order valence-electron chi connectivity index (χ3n) is 2.78. The molecule has 16 heavy (non-hydrogen) atoms. The lowest BCUT2D eigenvalue weighted by Crippen LogP contribution is -2.05. The zero-order chi connectivity index (χ0) is 11.9. The Labute approximate surface area is 104 Å². The smallest absolute Gasteiger partial charge is 0.166 e. The van der Waals surface area contributed by atoms with Gasteiger partial charge in [-0.05, 0) is 41.4 Å². The summed E-state index contributed by atoms with van der Waals surface area (Å²) in [5.41, 5.74) is 1.93. The van der Waals surface area contributed by atoms with Crippen LogP contribution in [0.2, 0.25) is 0 Å². The van der Waals surface area contributed by atoms with E-state index in [4.69, 9.17) is 9.47 Å². The van der Waals surface area contributed by atoms with E-state index in [9.17, 15) is 5.11 Å². The normalized spacial score (nSPS) is 20.2. The first kappa shape index (κ1) is 11.7. The number of fused-ring (bicyclic) bond motifs is 1. The lowest BCUT2D eigenvalue weighted by atomic mass is 10.0. The second kappa shape index (κ2) is 4.26. The van der Waals surface area contributed by atoms with Crippen molar-refractivity contribution >= 4 is 15.9 Å². The molecule has 1 aliphatic heterocycles. The van der Waals surface area contributed by atoms with Crippen LogP contribution in [0, 0.1) is 0 Å². The zero-order valence-electron chi connectivity index (χ0n) is 9.58. The van der Waals surface area contributed by atoms with Gasteiger partial charge in [-0.25, -0.2) is 0 Å². The van der Waals surface area contributed by atoms with E-state index in [1.807, 2.05) is 13.0 Å². The highest BCUT2D eigenvalue weighted by Gasteiger charge is 2.28. The quantitative estimate of drug-likeness (QED) is 0.909. The molecule has 1 N–H and O–H groups in total. The van der Waals surface area contributed by atoms with Crippen LogP contribution in [0.4, 0.5) is 0 Å². The summed E-state index contributed by atoms with van der Waals surface area (Å²) in [5, 5.41) is 9.70. The molecule has 1 aromatic carbocycles. The maximum atomic E-state index is 9.70. The van der Waals surface area contributed by atoms with Gasteiger partial charge in [0.05, 0.1) is 13.2 Å². The summed E-state index contributed by atoms with van der Waals surface area (Å²) >= 11 is 3.53. The molecular weight excluding hydrogens is 272 g/mol. The van der Waals surface area contributed by atoms with Gasteiger partial charge in [0.1, 0.15) is 6.10 Å². The molecule has 0 saturated carbocycles. The molecule has 88 valence electrons. The third kappa shape index (κ3) is 1.80. The van der Waals surface area contributed by atoms with E-state index in [1.165, 1.54) is 0 Å². The molecule has 3 nitrogen and oxygen atoms in total. The number of methoxy groups -OCH3 is 1. The Morgan fingerprint density at radius 1 is 1.62 bits per heavy atom. The van der Waals surface area contributed by atoms with Gasteiger partial charge in [-0.2, -0.15) is 0 Å². The van der Waals surface area contributed by atoms with Gasteiger partial charge in [-0.1, -0.05) is 0 Å². The highest BCUT2D eigenvalue weighted by atomic mass is 79.9. The summed E-state index contributed by atoms with van der Waals surface area (Å²) in [6.45, 7) is 3.76. The maximum Gasteiger partial charge on any atom is 0.166 e. The summed E-state index contributed by atoms with van der Waals surface area (Å²) < 4.78 is 11.9. The van der Waals surface area contributed by atoms with E-state index in [1.54, 1.807) is 14.0 Å². The van der Waals surface area contributed by atoms with E-state index in [0.29, 0.717) is 5.75 Å². The maximum absolute atomic E-state index is 9.70. The molecule has 0 bridgehead atoms. The van der Waals surface area contributed by atoms with Crippen molar-refractivity contribution in [2.24, 2.45) is 0 Å². The van der Waals surface area contributed by atoms with Crippen LogP contribution in [0.1, 0.15) is 31.1 Å². The largest absolute Gasteiger partial charge is 0.493 e. The topological polar surface area (TPSA) is 38.7 Å². The van der Waals surface area contributed by atoms with Crippen molar-refractivity contribution in [1.29, 1.82) is 0 Å². The Bertz CT molecular complexity index is 415. The first-order valence-electron chi connectivity index (χ1n) is 5.28. The van der Waals surface area contributed by atoms with Gasteiger partial charge in [-0.3, -0.25) is 0 Å². The summed E-state index contributed by atoms with van der Waals surface area (Å²) in [4.78, 5) is 0. The average Bonchev–Trinajstić information content (AvgIpc) is 2.60. The molecule has 0 saturated heterocycles. The SMILES string of the molecule is COc1cc(C(C)O)c(Br)c2c1OC(C)C2. The number of rotatable bonds is 2. The van der Waals surface area contributed by atoms with Gasteiger partial charge in [-0.15, -0.1) is 0 Å². The van der Waals surface area contributed by atoms with E-state index in [-0.39, 0.29) is 6.10 Å². The fourth-order valence-electron chi connectivity index (χ4n) is 1.99. The molecule has 4 heteroatoms. The third-order valence-corrected chi connectivity index (χ3v) is 3.72. The Morgan fingerprint density at radius 2 is 2.31 bits per heavy atom. The minimum absolute atomic E-state index is 0.157. The first-order valence-corrected chi connectivity index (χ1v) is 6.07. The molecule has 1 aliphatic rings. The predicted molar refractivity (Wildman–Crippen MR) is 65.1 cm³/mol. The molecule has 0 aromatic heterocycles. The summed E-state index contributed by atoms with van der Waals surface area (Å²) in [7, 11) is 1.61. The highest BCUT2D eigenvalue weighted by Crippen LogP contribution is 2.45. The van der Waals surface area contributed by atoms with Crippen LogP contribution in [-0.4, -0.2) is 18.3 Å². The fraction of sp³-hybridized carbons (Fsp3) is 0.500. The number of hydrogen-bond donors (Lipinski definition) is 1.